The van der Waals surface area contributed by atoms with Gasteiger partial charge in [0.25, 0.3) is 0 Å². The Labute approximate surface area is 66.9 Å². The van der Waals surface area contributed by atoms with Gasteiger partial charge < -0.3 is 10.5 Å². The molecule has 0 amide bonds. The number of rotatable bonds is 3. The first-order valence-electron chi connectivity index (χ1n) is 4.21. The Morgan fingerprint density at radius 3 is 2.91 bits per heavy atom. The van der Waals surface area contributed by atoms with Crippen molar-refractivity contribution in [1.82, 2.24) is 0 Å². The molecule has 0 spiro atoms. The van der Waals surface area contributed by atoms with E-state index >= 15 is 0 Å². The maximum Gasteiger partial charge on any atom is 0.107 e. The van der Waals surface area contributed by atoms with Crippen molar-refractivity contribution in [3.8, 4) is 0 Å². The second kappa shape index (κ2) is 4.02. The highest BCUT2D eigenvalue weighted by atomic mass is 19.1. The molecule has 0 saturated carbocycles. The minimum Gasteiger partial charge on any atom is -0.378 e. The molecule has 2 nitrogen and oxygen atoms in total. The first kappa shape index (κ1) is 8.94. The average Bonchev–Trinajstić information content (AvgIpc) is 2.36. The standard InChI is InChI=1S/C8H16FNO/c1-6-7(3-5-11-6)8(9)2-4-10/h6-8H,2-5,10H2,1H3. The van der Waals surface area contributed by atoms with Gasteiger partial charge >= 0.3 is 0 Å². The Morgan fingerprint density at radius 2 is 2.45 bits per heavy atom. The molecule has 1 aliphatic rings. The van der Waals surface area contributed by atoms with Crippen LogP contribution in [0.2, 0.25) is 0 Å². The minimum atomic E-state index is -0.766. The number of hydrogen-bond donors (Lipinski definition) is 1. The Bertz CT molecular complexity index is 121. The van der Waals surface area contributed by atoms with Gasteiger partial charge in [-0.05, 0) is 26.3 Å². The molecule has 3 atom stereocenters. The van der Waals surface area contributed by atoms with Crippen LogP contribution in [0.3, 0.4) is 0 Å². The highest BCUT2D eigenvalue weighted by Gasteiger charge is 2.31. The van der Waals surface area contributed by atoms with Crippen LogP contribution in [-0.2, 0) is 4.74 Å². The number of alkyl halides is 1. The smallest absolute Gasteiger partial charge is 0.107 e. The fourth-order valence-corrected chi connectivity index (χ4v) is 1.60. The van der Waals surface area contributed by atoms with E-state index in [-0.39, 0.29) is 12.0 Å². The SMILES string of the molecule is CC1OCCC1C(F)CCN. The summed E-state index contributed by atoms with van der Waals surface area (Å²) in [5.74, 6) is 0.0820. The summed E-state index contributed by atoms with van der Waals surface area (Å²) in [7, 11) is 0. The summed E-state index contributed by atoms with van der Waals surface area (Å²) in [6.45, 7) is 3.07. The molecule has 3 heteroatoms. The predicted octanol–water partition coefficient (Wildman–Crippen LogP) is 1.10. The fourth-order valence-electron chi connectivity index (χ4n) is 1.60. The van der Waals surface area contributed by atoms with E-state index in [2.05, 4.69) is 0 Å². The molecule has 11 heavy (non-hydrogen) atoms. The van der Waals surface area contributed by atoms with Crippen molar-refractivity contribution in [2.45, 2.75) is 32.0 Å². The lowest BCUT2D eigenvalue weighted by Crippen LogP contribution is -2.25. The molecule has 0 bridgehead atoms. The van der Waals surface area contributed by atoms with Crippen LogP contribution in [0.15, 0.2) is 0 Å². The Balaban J connectivity index is 2.33. The lowest BCUT2D eigenvalue weighted by Gasteiger charge is -2.17. The number of ether oxygens (including phenoxy) is 1. The number of nitrogens with two attached hydrogens (primary N) is 1. The molecule has 3 unspecified atom stereocenters. The first-order chi connectivity index (χ1) is 5.25. The van der Waals surface area contributed by atoms with Crippen molar-refractivity contribution < 1.29 is 9.13 Å². The van der Waals surface area contributed by atoms with Gasteiger partial charge in [0.05, 0.1) is 6.10 Å². The van der Waals surface area contributed by atoms with Gasteiger partial charge in [-0.25, -0.2) is 4.39 Å². The predicted molar refractivity (Wildman–Crippen MR) is 42.1 cm³/mol. The normalized spacial score (nSPS) is 34.1. The molecule has 1 aliphatic heterocycles. The third-order valence-electron chi connectivity index (χ3n) is 2.34. The van der Waals surface area contributed by atoms with Crippen molar-refractivity contribution in [3.63, 3.8) is 0 Å². The van der Waals surface area contributed by atoms with Gasteiger partial charge in [0.15, 0.2) is 0 Å². The minimum absolute atomic E-state index is 0.0801. The Hall–Kier alpha value is -0.150. The van der Waals surface area contributed by atoms with Crippen molar-refractivity contribution >= 4 is 0 Å². The third kappa shape index (κ3) is 2.14. The van der Waals surface area contributed by atoms with Crippen LogP contribution in [0.4, 0.5) is 4.39 Å². The van der Waals surface area contributed by atoms with Crippen molar-refractivity contribution in [1.29, 1.82) is 0 Å². The van der Waals surface area contributed by atoms with Gasteiger partial charge in [0.1, 0.15) is 6.17 Å². The molecule has 1 heterocycles. The topological polar surface area (TPSA) is 35.2 Å². The van der Waals surface area contributed by atoms with Gasteiger partial charge in [-0.3, -0.25) is 0 Å². The van der Waals surface area contributed by atoms with E-state index in [0.717, 1.165) is 6.42 Å². The zero-order valence-electron chi connectivity index (χ0n) is 6.92. The summed E-state index contributed by atoms with van der Waals surface area (Å²) in [6.07, 6.45) is 0.634. The second-order valence-corrected chi connectivity index (χ2v) is 3.12. The van der Waals surface area contributed by atoms with Crippen LogP contribution in [0.1, 0.15) is 19.8 Å². The summed E-state index contributed by atoms with van der Waals surface area (Å²) in [5, 5.41) is 0. The van der Waals surface area contributed by atoms with E-state index in [4.69, 9.17) is 10.5 Å². The molecule has 0 aromatic carbocycles. The molecule has 0 aliphatic carbocycles. The third-order valence-corrected chi connectivity index (χ3v) is 2.34. The van der Waals surface area contributed by atoms with Gasteiger partial charge in [0, 0.05) is 12.5 Å². The molecular weight excluding hydrogens is 145 g/mol. The molecule has 0 radical (unpaired) electrons. The highest BCUT2D eigenvalue weighted by molar-refractivity contribution is 4.79. The zero-order valence-corrected chi connectivity index (χ0v) is 6.92. The molecule has 0 aromatic heterocycles. The molecule has 1 fully saturated rings. The van der Waals surface area contributed by atoms with E-state index < -0.39 is 6.17 Å². The van der Waals surface area contributed by atoms with Gasteiger partial charge in [0.2, 0.25) is 0 Å². The molecule has 1 rings (SSSR count). The monoisotopic (exact) mass is 161 g/mol. The van der Waals surface area contributed by atoms with E-state index in [0.29, 0.717) is 19.6 Å². The lowest BCUT2D eigenvalue weighted by atomic mass is 9.95. The summed E-state index contributed by atoms with van der Waals surface area (Å²) < 4.78 is 18.5. The summed E-state index contributed by atoms with van der Waals surface area (Å²) in [4.78, 5) is 0. The summed E-state index contributed by atoms with van der Waals surface area (Å²) in [5.41, 5.74) is 5.26. The Morgan fingerprint density at radius 1 is 1.73 bits per heavy atom. The summed E-state index contributed by atoms with van der Waals surface area (Å²) >= 11 is 0. The van der Waals surface area contributed by atoms with Crippen LogP contribution < -0.4 is 5.73 Å². The maximum absolute atomic E-state index is 13.2. The Kier molecular flexibility index (Phi) is 3.27. The highest BCUT2D eigenvalue weighted by Crippen LogP contribution is 2.27. The fraction of sp³-hybridized carbons (Fsp3) is 1.00. The number of halogens is 1. The van der Waals surface area contributed by atoms with Crippen LogP contribution >= 0.6 is 0 Å². The second-order valence-electron chi connectivity index (χ2n) is 3.12. The van der Waals surface area contributed by atoms with E-state index in [1.807, 2.05) is 6.92 Å². The molecular formula is C8H16FNO. The van der Waals surface area contributed by atoms with Crippen LogP contribution in [0.25, 0.3) is 0 Å². The zero-order chi connectivity index (χ0) is 8.27. The number of hydrogen-bond acceptors (Lipinski definition) is 2. The van der Waals surface area contributed by atoms with Crippen LogP contribution in [-0.4, -0.2) is 25.4 Å². The van der Waals surface area contributed by atoms with Crippen LogP contribution in [0.5, 0.6) is 0 Å². The van der Waals surface area contributed by atoms with Gasteiger partial charge in [-0.15, -0.1) is 0 Å². The van der Waals surface area contributed by atoms with Crippen LogP contribution in [0, 0.1) is 5.92 Å². The molecule has 66 valence electrons. The van der Waals surface area contributed by atoms with Crippen molar-refractivity contribution in [2.75, 3.05) is 13.2 Å². The largest absolute Gasteiger partial charge is 0.378 e. The van der Waals surface area contributed by atoms with E-state index in [9.17, 15) is 4.39 Å². The van der Waals surface area contributed by atoms with E-state index in [1.165, 1.54) is 0 Å². The molecule has 2 N–H and O–H groups in total. The quantitative estimate of drug-likeness (QED) is 0.672. The molecule has 1 saturated heterocycles. The summed E-state index contributed by atoms with van der Waals surface area (Å²) in [6, 6.07) is 0. The van der Waals surface area contributed by atoms with Gasteiger partial charge in [-0.2, -0.15) is 0 Å². The lowest BCUT2D eigenvalue weighted by molar-refractivity contribution is 0.0775. The van der Waals surface area contributed by atoms with Gasteiger partial charge in [-0.1, -0.05) is 0 Å². The average molecular weight is 161 g/mol. The van der Waals surface area contributed by atoms with E-state index in [1.54, 1.807) is 0 Å². The first-order valence-corrected chi connectivity index (χ1v) is 4.21. The molecule has 0 aromatic rings. The van der Waals surface area contributed by atoms with Crippen molar-refractivity contribution in [3.05, 3.63) is 0 Å². The van der Waals surface area contributed by atoms with Crippen molar-refractivity contribution in [2.24, 2.45) is 11.7 Å². The maximum atomic E-state index is 13.2.